The van der Waals surface area contributed by atoms with Crippen LogP contribution in [0.2, 0.25) is 0 Å². The average molecular weight is 384 g/mol. The van der Waals surface area contributed by atoms with E-state index in [0.29, 0.717) is 28.9 Å². The number of pyridine rings is 1. The maximum Gasteiger partial charge on any atom is 0.274 e. The molecule has 0 saturated heterocycles. The van der Waals surface area contributed by atoms with Crippen molar-refractivity contribution in [2.75, 3.05) is 5.32 Å². The highest BCUT2D eigenvalue weighted by molar-refractivity contribution is 6.16. The molecule has 3 aromatic rings. The largest absolute Gasteiger partial charge is 0.321 e. The molecule has 0 bridgehead atoms. The van der Waals surface area contributed by atoms with Crippen LogP contribution in [0.5, 0.6) is 0 Å². The standard InChI is InChI=1S/C23H17FN4O/c1-13-8-16(4-6-20(13)24)22-19-9-18(5-3-17(19)12-27-22)28-23(29)21-14(2)7-15(10-25)11-26-21/h3-9,11H,12H2,1-2H3,(H,28,29). The number of benzene rings is 2. The Morgan fingerprint density at radius 2 is 1.97 bits per heavy atom. The number of hydrogen-bond donors (Lipinski definition) is 1. The van der Waals surface area contributed by atoms with Gasteiger partial charge in [-0.2, -0.15) is 5.26 Å². The van der Waals surface area contributed by atoms with E-state index in [2.05, 4.69) is 15.3 Å². The first-order chi connectivity index (χ1) is 14.0. The highest BCUT2D eigenvalue weighted by atomic mass is 19.1. The Balaban J connectivity index is 1.62. The van der Waals surface area contributed by atoms with Crippen LogP contribution < -0.4 is 5.32 Å². The minimum atomic E-state index is -0.346. The van der Waals surface area contributed by atoms with E-state index in [1.807, 2.05) is 24.3 Å². The third-order valence-electron chi connectivity index (χ3n) is 4.88. The second kappa shape index (κ2) is 7.28. The Labute approximate surface area is 167 Å². The number of anilines is 1. The number of aliphatic imine (C=N–C) groups is 1. The van der Waals surface area contributed by atoms with E-state index in [1.165, 1.54) is 12.3 Å². The van der Waals surface area contributed by atoms with Gasteiger partial charge in [-0.25, -0.2) is 9.37 Å². The predicted molar refractivity (Wildman–Crippen MR) is 109 cm³/mol. The van der Waals surface area contributed by atoms with Gasteiger partial charge >= 0.3 is 0 Å². The van der Waals surface area contributed by atoms with Gasteiger partial charge in [0.15, 0.2) is 0 Å². The minimum Gasteiger partial charge on any atom is -0.321 e. The smallest absolute Gasteiger partial charge is 0.274 e. The Hall–Kier alpha value is -3.85. The van der Waals surface area contributed by atoms with E-state index in [1.54, 1.807) is 32.0 Å². The van der Waals surface area contributed by atoms with Crippen molar-refractivity contribution in [3.63, 3.8) is 0 Å². The van der Waals surface area contributed by atoms with Gasteiger partial charge in [-0.3, -0.25) is 9.79 Å². The van der Waals surface area contributed by atoms with Gasteiger partial charge in [-0.1, -0.05) is 6.07 Å². The normalized spacial score (nSPS) is 12.1. The molecule has 1 N–H and O–H groups in total. The number of aromatic nitrogens is 1. The maximum absolute atomic E-state index is 13.6. The molecule has 0 spiro atoms. The van der Waals surface area contributed by atoms with E-state index >= 15 is 0 Å². The van der Waals surface area contributed by atoms with Gasteiger partial charge in [0.05, 0.1) is 17.8 Å². The summed E-state index contributed by atoms with van der Waals surface area (Å²) in [6.45, 7) is 4.01. The first kappa shape index (κ1) is 18.5. The molecule has 1 amide bonds. The predicted octanol–water partition coefficient (Wildman–Crippen LogP) is 4.31. The number of carbonyl (C=O) groups excluding carboxylic acids is 1. The molecule has 0 unspecified atom stereocenters. The Morgan fingerprint density at radius 3 is 2.69 bits per heavy atom. The second-order valence-corrected chi connectivity index (χ2v) is 6.96. The molecule has 1 aliphatic heterocycles. The Morgan fingerprint density at radius 1 is 1.14 bits per heavy atom. The van der Waals surface area contributed by atoms with Crippen molar-refractivity contribution >= 4 is 17.3 Å². The third kappa shape index (κ3) is 3.50. The van der Waals surface area contributed by atoms with Crippen LogP contribution in [0.1, 0.15) is 43.9 Å². The van der Waals surface area contributed by atoms with Crippen LogP contribution in [0.3, 0.4) is 0 Å². The number of rotatable bonds is 3. The van der Waals surface area contributed by atoms with Gasteiger partial charge in [0.2, 0.25) is 0 Å². The van der Waals surface area contributed by atoms with Crippen LogP contribution in [-0.4, -0.2) is 16.6 Å². The summed E-state index contributed by atoms with van der Waals surface area (Å²) >= 11 is 0. The molecule has 1 aliphatic rings. The van der Waals surface area contributed by atoms with Gasteiger partial charge < -0.3 is 5.32 Å². The van der Waals surface area contributed by atoms with E-state index < -0.39 is 0 Å². The summed E-state index contributed by atoms with van der Waals surface area (Å²) in [6, 6.07) is 14.2. The lowest BCUT2D eigenvalue weighted by molar-refractivity contribution is 0.102. The molecule has 2 heterocycles. The monoisotopic (exact) mass is 384 g/mol. The zero-order valence-corrected chi connectivity index (χ0v) is 16.0. The van der Waals surface area contributed by atoms with Crippen molar-refractivity contribution in [1.29, 1.82) is 5.26 Å². The van der Waals surface area contributed by atoms with Crippen molar-refractivity contribution < 1.29 is 9.18 Å². The zero-order chi connectivity index (χ0) is 20.5. The first-order valence-corrected chi connectivity index (χ1v) is 9.08. The summed E-state index contributed by atoms with van der Waals surface area (Å²) in [5.74, 6) is -0.597. The van der Waals surface area contributed by atoms with Gasteiger partial charge in [-0.15, -0.1) is 0 Å². The fraction of sp³-hybridized carbons (Fsp3) is 0.130. The lowest BCUT2D eigenvalue weighted by Crippen LogP contribution is -2.16. The van der Waals surface area contributed by atoms with Gasteiger partial charge in [-0.05, 0) is 66.9 Å². The summed E-state index contributed by atoms with van der Waals surface area (Å²) in [7, 11) is 0. The van der Waals surface area contributed by atoms with Gasteiger partial charge in [0.25, 0.3) is 5.91 Å². The molecule has 0 atom stereocenters. The van der Waals surface area contributed by atoms with Crippen LogP contribution in [0, 0.1) is 31.0 Å². The van der Waals surface area contributed by atoms with Crippen molar-refractivity contribution in [3.8, 4) is 6.07 Å². The number of amides is 1. The summed E-state index contributed by atoms with van der Waals surface area (Å²) < 4.78 is 13.6. The Kier molecular flexibility index (Phi) is 4.65. The maximum atomic E-state index is 13.6. The molecule has 5 nitrogen and oxygen atoms in total. The van der Waals surface area contributed by atoms with E-state index in [9.17, 15) is 9.18 Å². The van der Waals surface area contributed by atoms with Crippen LogP contribution in [-0.2, 0) is 6.54 Å². The molecule has 1 aromatic heterocycles. The van der Waals surface area contributed by atoms with E-state index in [4.69, 9.17) is 5.26 Å². The van der Waals surface area contributed by atoms with Gasteiger partial charge in [0.1, 0.15) is 17.6 Å². The summed E-state index contributed by atoms with van der Waals surface area (Å²) in [5, 5.41) is 11.8. The molecular formula is C23H17FN4O. The second-order valence-electron chi connectivity index (χ2n) is 6.96. The lowest BCUT2D eigenvalue weighted by Gasteiger charge is -2.10. The number of hydrogen-bond acceptors (Lipinski definition) is 4. The number of nitriles is 1. The SMILES string of the molecule is Cc1cc(C2=NCc3ccc(NC(=O)c4ncc(C#N)cc4C)cc32)ccc1F. The number of fused-ring (bicyclic) bond motifs is 1. The molecule has 0 radical (unpaired) electrons. The minimum absolute atomic E-state index is 0.251. The van der Waals surface area contributed by atoms with Gasteiger partial charge in [0, 0.05) is 23.0 Å². The molecule has 0 fully saturated rings. The lowest BCUT2D eigenvalue weighted by atomic mass is 9.98. The molecular weight excluding hydrogens is 367 g/mol. The summed E-state index contributed by atoms with van der Waals surface area (Å²) in [4.78, 5) is 21.3. The van der Waals surface area contributed by atoms with Crippen LogP contribution in [0.4, 0.5) is 10.1 Å². The molecule has 0 saturated carbocycles. The topological polar surface area (TPSA) is 78.1 Å². The number of nitrogens with zero attached hydrogens (tertiary/aromatic N) is 3. The quantitative estimate of drug-likeness (QED) is 0.731. The first-order valence-electron chi connectivity index (χ1n) is 9.08. The molecule has 29 heavy (non-hydrogen) atoms. The fourth-order valence-electron chi connectivity index (χ4n) is 3.36. The summed E-state index contributed by atoms with van der Waals surface area (Å²) in [5.41, 5.74) is 6.08. The zero-order valence-electron chi connectivity index (χ0n) is 16.0. The number of carbonyl (C=O) groups is 1. The number of nitrogens with one attached hydrogen (secondary N) is 1. The van der Waals surface area contributed by atoms with Crippen LogP contribution in [0.15, 0.2) is 53.7 Å². The fourth-order valence-corrected chi connectivity index (χ4v) is 3.36. The molecule has 2 aromatic carbocycles. The van der Waals surface area contributed by atoms with Crippen molar-refractivity contribution in [1.82, 2.24) is 4.98 Å². The molecule has 142 valence electrons. The molecule has 4 rings (SSSR count). The molecule has 0 aliphatic carbocycles. The Bertz CT molecular complexity index is 1220. The van der Waals surface area contributed by atoms with Crippen LogP contribution in [0.25, 0.3) is 0 Å². The van der Waals surface area contributed by atoms with Crippen molar-refractivity contribution in [2.24, 2.45) is 4.99 Å². The number of aryl methyl sites for hydroxylation is 2. The average Bonchev–Trinajstić information content (AvgIpc) is 3.13. The molecule has 6 heteroatoms. The highest BCUT2D eigenvalue weighted by Gasteiger charge is 2.20. The summed E-state index contributed by atoms with van der Waals surface area (Å²) in [6.07, 6.45) is 1.38. The van der Waals surface area contributed by atoms with E-state index in [-0.39, 0.29) is 17.4 Å². The van der Waals surface area contributed by atoms with E-state index in [0.717, 1.165) is 22.4 Å². The van der Waals surface area contributed by atoms with Crippen molar-refractivity contribution in [2.45, 2.75) is 20.4 Å². The van der Waals surface area contributed by atoms with Crippen molar-refractivity contribution in [3.05, 3.63) is 93.6 Å². The van der Waals surface area contributed by atoms with Crippen LogP contribution >= 0.6 is 0 Å². The third-order valence-corrected chi connectivity index (χ3v) is 4.88. The number of halogens is 1. The highest BCUT2D eigenvalue weighted by Crippen LogP contribution is 2.27.